The minimum atomic E-state index is -4.31. The Hall–Kier alpha value is -1.61. The summed E-state index contributed by atoms with van der Waals surface area (Å²) in [5, 5.41) is 2.82. The molecule has 6 nitrogen and oxygen atoms in total. The lowest BCUT2D eigenvalue weighted by Gasteiger charge is -2.24. The van der Waals surface area contributed by atoms with Crippen molar-refractivity contribution in [3.63, 3.8) is 0 Å². The van der Waals surface area contributed by atoms with E-state index in [4.69, 9.17) is 4.74 Å². The van der Waals surface area contributed by atoms with Crippen LogP contribution in [-0.2, 0) is 22.6 Å². The van der Waals surface area contributed by atoms with Crippen LogP contribution < -0.4 is 5.32 Å². The summed E-state index contributed by atoms with van der Waals surface area (Å²) in [6, 6.07) is -0.484. The number of alkyl halides is 3. The van der Waals surface area contributed by atoms with Gasteiger partial charge in [0.15, 0.2) is 0 Å². The number of hydrogen-bond acceptors (Lipinski definition) is 4. The number of aromatic nitrogens is 2. The average molecular weight is 348 g/mol. The molecule has 1 aliphatic rings. The van der Waals surface area contributed by atoms with Gasteiger partial charge >= 0.3 is 6.18 Å². The number of carbonyl (C=O) groups excluding carboxylic acids is 1. The minimum absolute atomic E-state index is 0.0529. The number of rotatable bonds is 7. The summed E-state index contributed by atoms with van der Waals surface area (Å²) >= 11 is 0. The monoisotopic (exact) mass is 348 g/mol. The van der Waals surface area contributed by atoms with Crippen LogP contribution in [0.3, 0.4) is 0 Å². The predicted molar refractivity (Wildman–Crippen MR) is 81.2 cm³/mol. The summed E-state index contributed by atoms with van der Waals surface area (Å²) in [5.41, 5.74) is 0. The number of likely N-dealkylation sites (N-methyl/N-ethyl adjacent to an activating group) is 1. The van der Waals surface area contributed by atoms with Crippen LogP contribution in [0.25, 0.3) is 0 Å². The largest absolute Gasteiger partial charge is 0.406 e. The van der Waals surface area contributed by atoms with Crippen molar-refractivity contribution in [1.82, 2.24) is 19.8 Å². The van der Waals surface area contributed by atoms with Crippen molar-refractivity contribution in [1.29, 1.82) is 0 Å². The summed E-state index contributed by atoms with van der Waals surface area (Å²) in [4.78, 5) is 17.8. The lowest BCUT2D eigenvalue weighted by molar-refractivity contribution is -0.141. The molecule has 0 spiro atoms. The van der Waals surface area contributed by atoms with Gasteiger partial charge in [0, 0.05) is 25.5 Å². The minimum Gasteiger partial charge on any atom is -0.376 e. The van der Waals surface area contributed by atoms with E-state index in [2.05, 4.69) is 10.3 Å². The van der Waals surface area contributed by atoms with Gasteiger partial charge in [-0.1, -0.05) is 0 Å². The van der Waals surface area contributed by atoms with E-state index >= 15 is 0 Å². The number of ether oxygens (including phenoxy) is 1. The summed E-state index contributed by atoms with van der Waals surface area (Å²) in [6.45, 7) is 1.95. The van der Waals surface area contributed by atoms with Gasteiger partial charge in [0.2, 0.25) is 5.91 Å². The number of halogens is 3. The number of carbonyl (C=O) groups is 1. The molecule has 0 aliphatic carbocycles. The second kappa shape index (κ2) is 7.98. The average Bonchev–Trinajstić information content (AvgIpc) is 3.15. The molecule has 0 radical (unpaired) electrons. The van der Waals surface area contributed by atoms with Gasteiger partial charge in [-0.25, -0.2) is 4.98 Å². The van der Waals surface area contributed by atoms with Crippen LogP contribution >= 0.6 is 0 Å². The molecule has 0 saturated carbocycles. The summed E-state index contributed by atoms with van der Waals surface area (Å²) in [5.74, 6) is 0.0931. The molecule has 1 fully saturated rings. The molecule has 9 heteroatoms. The lowest BCUT2D eigenvalue weighted by Crippen LogP contribution is -2.45. The maximum atomic E-state index is 12.5. The van der Waals surface area contributed by atoms with E-state index in [1.165, 1.54) is 12.4 Å². The zero-order valence-corrected chi connectivity index (χ0v) is 13.8. The summed E-state index contributed by atoms with van der Waals surface area (Å²) in [6.07, 6.45) is 0.294. The number of imidazole rings is 1. The standard InChI is InChI=1S/C15H23F3N4O2/c1-11(14(23)20-8-12-4-3-7-24-12)21(2)9-13-19-5-6-22(13)10-15(16,17)18/h5-6,11-12H,3-4,7-10H2,1-2H3,(H,20,23)/t11-,12-/m1/s1. The summed E-state index contributed by atoms with van der Waals surface area (Å²) < 4.78 is 44.1. The van der Waals surface area contributed by atoms with Crippen molar-refractivity contribution in [2.24, 2.45) is 0 Å². The van der Waals surface area contributed by atoms with Crippen LogP contribution in [0.2, 0.25) is 0 Å². The van der Waals surface area contributed by atoms with Crippen molar-refractivity contribution in [2.45, 2.75) is 51.2 Å². The molecule has 1 saturated heterocycles. The molecule has 2 atom stereocenters. The zero-order chi connectivity index (χ0) is 17.7. The van der Waals surface area contributed by atoms with Gasteiger partial charge in [-0.15, -0.1) is 0 Å². The van der Waals surface area contributed by atoms with Gasteiger partial charge in [0.25, 0.3) is 0 Å². The molecule has 1 aromatic rings. The fourth-order valence-electron chi connectivity index (χ4n) is 2.56. The first-order valence-corrected chi connectivity index (χ1v) is 7.92. The highest BCUT2D eigenvalue weighted by molar-refractivity contribution is 5.81. The van der Waals surface area contributed by atoms with E-state index in [0.29, 0.717) is 6.54 Å². The summed E-state index contributed by atoms with van der Waals surface area (Å²) in [7, 11) is 1.68. The second-order valence-corrected chi connectivity index (χ2v) is 6.06. The Morgan fingerprint density at radius 1 is 1.58 bits per heavy atom. The van der Waals surface area contributed by atoms with Gasteiger partial charge in [0.05, 0.1) is 18.7 Å². The molecule has 136 valence electrons. The number of amides is 1. The number of nitrogens with one attached hydrogen (secondary N) is 1. The molecule has 1 amide bonds. The van der Waals surface area contributed by atoms with Crippen LogP contribution in [0.1, 0.15) is 25.6 Å². The normalized spacial score (nSPS) is 19.7. The Labute approximate surface area is 139 Å². The quantitative estimate of drug-likeness (QED) is 0.812. The van der Waals surface area contributed by atoms with E-state index in [1.807, 2.05) is 0 Å². The van der Waals surface area contributed by atoms with Gasteiger partial charge in [-0.05, 0) is 26.8 Å². The van der Waals surface area contributed by atoms with Gasteiger partial charge < -0.3 is 14.6 Å². The molecule has 1 aliphatic heterocycles. The highest BCUT2D eigenvalue weighted by Gasteiger charge is 2.29. The van der Waals surface area contributed by atoms with Crippen molar-refractivity contribution in [3.05, 3.63) is 18.2 Å². The first-order valence-electron chi connectivity index (χ1n) is 7.92. The Balaban J connectivity index is 1.85. The smallest absolute Gasteiger partial charge is 0.376 e. The van der Waals surface area contributed by atoms with Crippen LogP contribution in [-0.4, -0.2) is 58.9 Å². The third kappa shape index (κ3) is 5.48. The third-order valence-electron chi connectivity index (χ3n) is 4.11. The fraction of sp³-hybridized carbons (Fsp3) is 0.733. The van der Waals surface area contributed by atoms with Crippen LogP contribution in [0.4, 0.5) is 13.2 Å². The molecule has 1 N–H and O–H groups in total. The van der Waals surface area contributed by atoms with Crippen molar-refractivity contribution in [2.75, 3.05) is 20.2 Å². The number of hydrogen-bond donors (Lipinski definition) is 1. The van der Waals surface area contributed by atoms with E-state index in [-0.39, 0.29) is 24.4 Å². The molecular weight excluding hydrogens is 325 g/mol. The Bertz CT molecular complexity index is 541. The Kier molecular flexibility index (Phi) is 6.22. The van der Waals surface area contributed by atoms with Gasteiger partial charge in [-0.3, -0.25) is 9.69 Å². The molecule has 24 heavy (non-hydrogen) atoms. The van der Waals surface area contributed by atoms with E-state index < -0.39 is 18.8 Å². The molecule has 2 heterocycles. The maximum Gasteiger partial charge on any atom is 0.406 e. The van der Waals surface area contributed by atoms with E-state index in [0.717, 1.165) is 24.0 Å². The first kappa shape index (κ1) is 18.7. The topological polar surface area (TPSA) is 59.4 Å². The molecular formula is C15H23F3N4O2. The van der Waals surface area contributed by atoms with Crippen molar-refractivity contribution >= 4 is 5.91 Å². The number of nitrogens with zero attached hydrogens (tertiary/aromatic N) is 3. The van der Waals surface area contributed by atoms with Crippen LogP contribution in [0, 0.1) is 0 Å². The molecule has 2 rings (SSSR count). The van der Waals surface area contributed by atoms with Crippen molar-refractivity contribution in [3.8, 4) is 0 Å². The molecule has 1 aromatic heterocycles. The Morgan fingerprint density at radius 3 is 2.96 bits per heavy atom. The highest BCUT2D eigenvalue weighted by atomic mass is 19.4. The molecule has 0 bridgehead atoms. The van der Waals surface area contributed by atoms with Crippen LogP contribution in [0.5, 0.6) is 0 Å². The van der Waals surface area contributed by atoms with Gasteiger partial charge in [0.1, 0.15) is 12.4 Å². The SMILES string of the molecule is C[C@H](C(=O)NC[C@H]1CCCO1)N(C)Cc1nccn1CC(F)(F)F. The predicted octanol–water partition coefficient (Wildman–Crippen LogP) is 1.56. The van der Waals surface area contributed by atoms with Crippen molar-refractivity contribution < 1.29 is 22.7 Å². The first-order chi connectivity index (χ1) is 11.3. The fourth-order valence-corrected chi connectivity index (χ4v) is 2.56. The Morgan fingerprint density at radius 2 is 2.33 bits per heavy atom. The van der Waals surface area contributed by atoms with Gasteiger partial charge in [-0.2, -0.15) is 13.2 Å². The molecule has 0 aromatic carbocycles. The highest BCUT2D eigenvalue weighted by Crippen LogP contribution is 2.19. The third-order valence-corrected chi connectivity index (χ3v) is 4.11. The van der Waals surface area contributed by atoms with E-state index in [1.54, 1.807) is 18.9 Å². The zero-order valence-electron chi connectivity index (χ0n) is 13.8. The van der Waals surface area contributed by atoms with Crippen LogP contribution in [0.15, 0.2) is 12.4 Å². The van der Waals surface area contributed by atoms with E-state index in [9.17, 15) is 18.0 Å². The molecule has 0 unspecified atom stereocenters. The lowest BCUT2D eigenvalue weighted by atomic mass is 10.2. The maximum absolute atomic E-state index is 12.5. The second-order valence-electron chi connectivity index (χ2n) is 6.06.